The van der Waals surface area contributed by atoms with E-state index < -0.39 is 11.1 Å². The fourth-order valence-electron chi connectivity index (χ4n) is 3.39. The lowest BCUT2D eigenvalue weighted by Gasteiger charge is -2.34. The van der Waals surface area contributed by atoms with Crippen molar-refractivity contribution in [3.8, 4) is 0 Å². The Hall–Kier alpha value is -2.67. The van der Waals surface area contributed by atoms with Crippen molar-refractivity contribution in [2.75, 3.05) is 32.7 Å². The zero-order chi connectivity index (χ0) is 18.7. The molecule has 0 saturated carbocycles. The molecular weight excluding hydrogens is 332 g/mol. The van der Waals surface area contributed by atoms with Crippen molar-refractivity contribution in [1.29, 1.82) is 0 Å². The molecule has 0 atom stereocenters. The van der Waals surface area contributed by atoms with Gasteiger partial charge in [-0.2, -0.15) is 0 Å². The van der Waals surface area contributed by atoms with E-state index in [1.807, 2.05) is 6.07 Å². The van der Waals surface area contributed by atoms with Gasteiger partial charge in [0.25, 0.3) is 0 Å². The van der Waals surface area contributed by atoms with Crippen molar-refractivity contribution in [3.63, 3.8) is 0 Å². The van der Waals surface area contributed by atoms with Crippen molar-refractivity contribution >= 4 is 16.9 Å². The lowest BCUT2D eigenvalue weighted by atomic mass is 10.2. The van der Waals surface area contributed by atoms with Crippen LogP contribution >= 0.6 is 0 Å². The molecule has 1 aromatic heterocycles. The number of nitrogens with zero attached hydrogens (tertiary/aromatic N) is 4. The number of allylic oxidation sites excluding steroid dienone is 1. The first kappa shape index (κ1) is 18.1. The summed E-state index contributed by atoms with van der Waals surface area (Å²) >= 11 is 0. The summed E-state index contributed by atoms with van der Waals surface area (Å²) in [4.78, 5) is 41.8. The van der Waals surface area contributed by atoms with E-state index in [-0.39, 0.29) is 19.0 Å². The number of carbonyl (C=O) groups is 1. The first-order valence-corrected chi connectivity index (χ1v) is 8.90. The monoisotopic (exact) mass is 356 g/mol. The van der Waals surface area contributed by atoms with Crippen molar-refractivity contribution in [1.82, 2.24) is 18.9 Å². The van der Waals surface area contributed by atoms with Gasteiger partial charge in [0.1, 0.15) is 6.54 Å². The molecule has 1 amide bonds. The van der Waals surface area contributed by atoms with E-state index in [2.05, 4.69) is 18.4 Å². The van der Waals surface area contributed by atoms with Crippen molar-refractivity contribution < 1.29 is 4.79 Å². The molecule has 7 heteroatoms. The van der Waals surface area contributed by atoms with E-state index in [0.717, 1.165) is 19.6 Å². The third kappa shape index (κ3) is 3.35. The number of fused-ring (bicyclic) bond motifs is 1. The number of hydrogen-bond acceptors (Lipinski definition) is 4. The molecule has 0 N–H and O–H groups in total. The van der Waals surface area contributed by atoms with Crippen molar-refractivity contribution in [3.05, 3.63) is 57.6 Å². The number of piperazine rings is 1. The van der Waals surface area contributed by atoms with E-state index in [0.29, 0.717) is 24.1 Å². The molecular formula is C19H24N4O3. The van der Waals surface area contributed by atoms with Gasteiger partial charge in [0.05, 0.1) is 11.0 Å². The van der Waals surface area contributed by atoms with Crippen LogP contribution in [0.25, 0.3) is 11.0 Å². The second-order valence-corrected chi connectivity index (χ2v) is 6.40. The molecule has 3 rings (SSSR count). The number of para-hydroxylation sites is 2. The lowest BCUT2D eigenvalue weighted by molar-refractivity contribution is -0.133. The second kappa shape index (κ2) is 7.70. The SMILES string of the molecule is C=CCn1c(=O)c(=O)n(CC(=O)N2CCN(CC)CC2)c2ccccc21. The van der Waals surface area contributed by atoms with E-state index in [1.165, 1.54) is 9.13 Å². The van der Waals surface area contributed by atoms with Gasteiger partial charge in [-0.1, -0.05) is 25.1 Å². The highest BCUT2D eigenvalue weighted by atomic mass is 16.2. The first-order chi connectivity index (χ1) is 12.6. The number of likely N-dealkylation sites (N-methyl/N-ethyl adjacent to an activating group) is 1. The normalized spacial score (nSPS) is 15.3. The summed E-state index contributed by atoms with van der Waals surface area (Å²) < 4.78 is 2.69. The number of hydrogen-bond donors (Lipinski definition) is 0. The number of aromatic nitrogens is 2. The molecule has 0 bridgehead atoms. The van der Waals surface area contributed by atoms with Crippen LogP contribution in [0.5, 0.6) is 0 Å². The Morgan fingerprint density at radius 1 is 1.04 bits per heavy atom. The van der Waals surface area contributed by atoms with Crippen LogP contribution in [-0.4, -0.2) is 57.6 Å². The van der Waals surface area contributed by atoms with Crippen LogP contribution in [0.2, 0.25) is 0 Å². The largest absolute Gasteiger partial charge is 0.339 e. The van der Waals surface area contributed by atoms with E-state index in [1.54, 1.807) is 29.2 Å². The molecule has 1 fully saturated rings. The number of rotatable bonds is 5. The van der Waals surface area contributed by atoms with E-state index >= 15 is 0 Å². The summed E-state index contributed by atoms with van der Waals surface area (Å²) in [5.74, 6) is -0.131. The average molecular weight is 356 g/mol. The van der Waals surface area contributed by atoms with Gasteiger partial charge in [-0.25, -0.2) is 0 Å². The minimum atomic E-state index is -0.675. The average Bonchev–Trinajstić information content (AvgIpc) is 2.68. The van der Waals surface area contributed by atoms with Gasteiger partial charge in [0.15, 0.2) is 0 Å². The van der Waals surface area contributed by atoms with Crippen LogP contribution in [0.1, 0.15) is 6.92 Å². The zero-order valence-corrected chi connectivity index (χ0v) is 15.1. The molecule has 1 aromatic carbocycles. The predicted molar refractivity (Wildman–Crippen MR) is 101 cm³/mol. The smallest absolute Gasteiger partial charge is 0.317 e. The summed E-state index contributed by atoms with van der Waals surface area (Å²) in [6.45, 7) is 9.80. The highest BCUT2D eigenvalue weighted by Crippen LogP contribution is 2.11. The zero-order valence-electron chi connectivity index (χ0n) is 15.1. The number of benzene rings is 1. The second-order valence-electron chi connectivity index (χ2n) is 6.40. The Bertz CT molecular complexity index is 936. The van der Waals surface area contributed by atoms with Gasteiger partial charge in [0.2, 0.25) is 5.91 Å². The molecule has 1 aliphatic heterocycles. The summed E-state index contributed by atoms with van der Waals surface area (Å²) in [5, 5.41) is 0. The first-order valence-electron chi connectivity index (χ1n) is 8.90. The highest BCUT2D eigenvalue weighted by molar-refractivity contribution is 5.80. The van der Waals surface area contributed by atoms with Crippen LogP contribution in [-0.2, 0) is 17.9 Å². The number of amides is 1. The van der Waals surface area contributed by atoms with E-state index in [9.17, 15) is 14.4 Å². The standard InChI is InChI=1S/C19H24N4O3/c1-3-9-22-15-7-5-6-8-16(15)23(19(26)18(22)25)14-17(24)21-12-10-20(4-2)11-13-21/h3,5-8H,1,4,9-14H2,2H3. The molecule has 0 spiro atoms. The quantitative estimate of drug-likeness (QED) is 0.578. The predicted octanol–water partition coefficient (Wildman–Crippen LogP) is 0.513. The maximum absolute atomic E-state index is 12.7. The maximum atomic E-state index is 12.7. The van der Waals surface area contributed by atoms with E-state index in [4.69, 9.17) is 0 Å². The van der Waals surface area contributed by atoms with Crippen LogP contribution in [0, 0.1) is 0 Å². The van der Waals surface area contributed by atoms with Gasteiger partial charge >= 0.3 is 11.1 Å². The Morgan fingerprint density at radius 3 is 2.19 bits per heavy atom. The van der Waals surface area contributed by atoms with Crippen LogP contribution in [0.3, 0.4) is 0 Å². The third-order valence-corrected chi connectivity index (χ3v) is 4.91. The summed E-state index contributed by atoms with van der Waals surface area (Å²) in [6.07, 6.45) is 1.58. The van der Waals surface area contributed by atoms with Crippen LogP contribution in [0.15, 0.2) is 46.5 Å². The molecule has 1 saturated heterocycles. The maximum Gasteiger partial charge on any atom is 0.317 e. The molecule has 2 heterocycles. The van der Waals surface area contributed by atoms with Crippen molar-refractivity contribution in [2.45, 2.75) is 20.0 Å². The minimum Gasteiger partial charge on any atom is -0.339 e. The summed E-state index contributed by atoms with van der Waals surface area (Å²) in [5.41, 5.74) is -0.0987. The fraction of sp³-hybridized carbons (Fsp3) is 0.421. The minimum absolute atomic E-state index is 0.115. The van der Waals surface area contributed by atoms with Gasteiger partial charge < -0.3 is 9.80 Å². The third-order valence-electron chi connectivity index (χ3n) is 4.91. The molecule has 1 aliphatic rings. The summed E-state index contributed by atoms with van der Waals surface area (Å²) in [6, 6.07) is 7.15. The molecule has 7 nitrogen and oxygen atoms in total. The fourth-order valence-corrected chi connectivity index (χ4v) is 3.39. The lowest BCUT2D eigenvalue weighted by Crippen LogP contribution is -2.50. The highest BCUT2D eigenvalue weighted by Gasteiger charge is 2.22. The number of carbonyl (C=O) groups excluding carboxylic acids is 1. The molecule has 0 unspecified atom stereocenters. The molecule has 26 heavy (non-hydrogen) atoms. The molecule has 2 aromatic rings. The van der Waals surface area contributed by atoms with Gasteiger partial charge in [-0.05, 0) is 18.7 Å². The Labute approximate surface area is 151 Å². The Kier molecular flexibility index (Phi) is 5.37. The summed E-state index contributed by atoms with van der Waals surface area (Å²) in [7, 11) is 0. The van der Waals surface area contributed by atoms with Gasteiger partial charge in [-0.3, -0.25) is 23.5 Å². The molecule has 0 aliphatic carbocycles. The van der Waals surface area contributed by atoms with Crippen LogP contribution in [0.4, 0.5) is 0 Å². The Balaban J connectivity index is 1.96. The Morgan fingerprint density at radius 2 is 1.62 bits per heavy atom. The van der Waals surface area contributed by atoms with Gasteiger partial charge in [-0.15, -0.1) is 6.58 Å². The molecule has 0 radical (unpaired) electrons. The molecule has 138 valence electrons. The van der Waals surface area contributed by atoms with Crippen LogP contribution < -0.4 is 11.1 Å². The van der Waals surface area contributed by atoms with Gasteiger partial charge in [0, 0.05) is 32.7 Å². The topological polar surface area (TPSA) is 67.5 Å². The van der Waals surface area contributed by atoms with Crippen molar-refractivity contribution in [2.24, 2.45) is 0 Å².